The Balaban J connectivity index is 2.64. The summed E-state index contributed by atoms with van der Waals surface area (Å²) >= 11 is 6.00. The average molecular weight is 293 g/mol. The second kappa shape index (κ2) is 4.98. The van der Waals surface area contributed by atoms with Crippen molar-refractivity contribution in [3.63, 3.8) is 0 Å². The highest BCUT2D eigenvalue weighted by atomic mass is 35.5. The molecule has 2 nitrogen and oxygen atoms in total. The Bertz CT molecular complexity index is 643. The van der Waals surface area contributed by atoms with Gasteiger partial charge in [-0.1, -0.05) is 38.4 Å². The summed E-state index contributed by atoms with van der Waals surface area (Å²) < 4.78 is 13.9. The van der Waals surface area contributed by atoms with Gasteiger partial charge in [0, 0.05) is 11.1 Å². The van der Waals surface area contributed by atoms with Crippen LogP contribution in [0.25, 0.3) is 5.57 Å². The van der Waals surface area contributed by atoms with Gasteiger partial charge in [0.15, 0.2) is 0 Å². The minimum absolute atomic E-state index is 0.150. The fourth-order valence-electron chi connectivity index (χ4n) is 2.08. The second-order valence-corrected chi connectivity index (χ2v) is 6.10. The van der Waals surface area contributed by atoms with Gasteiger partial charge in [0.25, 0.3) is 0 Å². The number of hydrogen-bond acceptors (Lipinski definition) is 2. The van der Waals surface area contributed by atoms with Crippen molar-refractivity contribution in [2.24, 2.45) is 5.41 Å². The number of rotatable bonds is 1. The summed E-state index contributed by atoms with van der Waals surface area (Å²) in [6.07, 6.45) is 2.69. The number of hydrogen-bond donors (Lipinski definition) is 0. The maximum atomic E-state index is 13.9. The van der Waals surface area contributed by atoms with Gasteiger partial charge in [0.1, 0.15) is 5.82 Å². The van der Waals surface area contributed by atoms with E-state index in [-0.39, 0.29) is 10.6 Å². The fraction of sp³-hybridized carbons (Fsp3) is 0.250. The van der Waals surface area contributed by atoms with Gasteiger partial charge in [-0.3, -0.25) is 9.59 Å². The van der Waals surface area contributed by atoms with Crippen molar-refractivity contribution in [1.82, 2.24) is 0 Å². The molecule has 1 aromatic carbocycles. The maximum Gasteiger partial charge on any atom is 0.229 e. The lowest BCUT2D eigenvalue weighted by Crippen LogP contribution is -2.26. The summed E-state index contributed by atoms with van der Waals surface area (Å²) in [5.74, 6) is -1.71. The van der Waals surface area contributed by atoms with E-state index < -0.39 is 22.8 Å². The van der Waals surface area contributed by atoms with Crippen LogP contribution in [0, 0.1) is 11.2 Å². The Kier molecular flexibility index (Phi) is 3.65. The summed E-state index contributed by atoms with van der Waals surface area (Å²) in [7, 11) is 0. The van der Waals surface area contributed by atoms with E-state index in [4.69, 9.17) is 11.6 Å². The molecule has 0 aliphatic heterocycles. The van der Waals surface area contributed by atoms with E-state index in [9.17, 15) is 14.0 Å². The van der Waals surface area contributed by atoms with Gasteiger partial charge in [0.2, 0.25) is 11.6 Å². The van der Waals surface area contributed by atoms with Crippen LogP contribution >= 0.6 is 11.6 Å². The molecule has 1 aliphatic rings. The van der Waals surface area contributed by atoms with Crippen molar-refractivity contribution in [2.45, 2.75) is 20.8 Å². The van der Waals surface area contributed by atoms with Crippen molar-refractivity contribution in [2.75, 3.05) is 0 Å². The Morgan fingerprint density at radius 1 is 1.10 bits per heavy atom. The standard InChI is InChI=1S/C16H14ClFO2/c1-16(2,3)10-7-9(8-13(19)15(10)20)14-11(17)5-4-6-12(14)18/h4-8H,1-3H3. The second-order valence-electron chi connectivity index (χ2n) is 5.70. The molecule has 0 heterocycles. The van der Waals surface area contributed by atoms with Crippen molar-refractivity contribution in [3.8, 4) is 0 Å². The molecule has 0 atom stereocenters. The van der Waals surface area contributed by atoms with Crippen LogP contribution in [0.2, 0.25) is 5.02 Å². The van der Waals surface area contributed by atoms with Crippen LogP contribution in [0.1, 0.15) is 26.3 Å². The van der Waals surface area contributed by atoms with E-state index in [1.165, 1.54) is 12.1 Å². The predicted molar refractivity (Wildman–Crippen MR) is 76.9 cm³/mol. The molecule has 0 spiro atoms. The maximum absolute atomic E-state index is 13.9. The smallest absolute Gasteiger partial charge is 0.229 e. The van der Waals surface area contributed by atoms with E-state index in [0.717, 1.165) is 6.08 Å². The Morgan fingerprint density at radius 3 is 2.30 bits per heavy atom. The SMILES string of the molecule is CC(C)(C)C1=CC(c2c(F)cccc2Cl)=CC(=O)C1=O. The molecule has 0 saturated carbocycles. The van der Waals surface area contributed by atoms with Gasteiger partial charge < -0.3 is 0 Å². The van der Waals surface area contributed by atoms with Gasteiger partial charge in [0.05, 0.1) is 5.02 Å². The zero-order valence-corrected chi connectivity index (χ0v) is 12.2. The van der Waals surface area contributed by atoms with Crippen molar-refractivity contribution in [3.05, 3.63) is 52.3 Å². The first-order valence-electron chi connectivity index (χ1n) is 6.18. The van der Waals surface area contributed by atoms with Crippen LogP contribution < -0.4 is 0 Å². The Hall–Kier alpha value is -1.74. The molecule has 0 unspecified atom stereocenters. The molecule has 0 bridgehead atoms. The summed E-state index contributed by atoms with van der Waals surface area (Å²) in [4.78, 5) is 23.8. The van der Waals surface area contributed by atoms with Crippen LogP contribution in [-0.2, 0) is 9.59 Å². The third-order valence-electron chi connectivity index (χ3n) is 3.11. The molecular weight excluding hydrogens is 279 g/mol. The van der Waals surface area contributed by atoms with Crippen LogP contribution in [0.15, 0.2) is 35.9 Å². The molecule has 0 aromatic heterocycles. The van der Waals surface area contributed by atoms with Gasteiger partial charge >= 0.3 is 0 Å². The normalized spacial score (nSPS) is 16.1. The molecule has 0 radical (unpaired) electrons. The third kappa shape index (κ3) is 2.59. The summed E-state index contributed by atoms with van der Waals surface area (Å²) in [6, 6.07) is 4.31. The highest BCUT2D eigenvalue weighted by molar-refractivity contribution is 6.50. The fourth-order valence-corrected chi connectivity index (χ4v) is 2.35. The number of benzene rings is 1. The van der Waals surface area contributed by atoms with Crippen molar-refractivity contribution in [1.29, 1.82) is 0 Å². The van der Waals surface area contributed by atoms with Crippen LogP contribution in [0.4, 0.5) is 4.39 Å². The van der Waals surface area contributed by atoms with E-state index in [0.29, 0.717) is 11.1 Å². The topological polar surface area (TPSA) is 34.1 Å². The lowest BCUT2D eigenvalue weighted by molar-refractivity contribution is -0.132. The van der Waals surface area contributed by atoms with Gasteiger partial charge in [-0.05, 0) is 35.3 Å². The van der Waals surface area contributed by atoms with E-state index in [2.05, 4.69) is 0 Å². The quantitative estimate of drug-likeness (QED) is 0.579. The third-order valence-corrected chi connectivity index (χ3v) is 3.43. The first-order chi connectivity index (χ1) is 9.21. The molecule has 2 rings (SSSR count). The zero-order chi connectivity index (χ0) is 15.1. The van der Waals surface area contributed by atoms with Crippen LogP contribution in [0.3, 0.4) is 0 Å². The minimum Gasteiger partial charge on any atom is -0.286 e. The van der Waals surface area contributed by atoms with E-state index >= 15 is 0 Å². The van der Waals surface area contributed by atoms with E-state index in [1.807, 2.05) is 20.8 Å². The molecular formula is C16H14ClFO2. The Labute approximate surface area is 121 Å². The van der Waals surface area contributed by atoms with E-state index in [1.54, 1.807) is 12.1 Å². The summed E-state index contributed by atoms with van der Waals surface area (Å²) in [5.41, 5.74) is 0.350. The molecule has 0 amide bonds. The minimum atomic E-state index is -0.647. The van der Waals surface area contributed by atoms with Gasteiger partial charge in [-0.25, -0.2) is 4.39 Å². The Morgan fingerprint density at radius 2 is 1.75 bits per heavy atom. The lowest BCUT2D eigenvalue weighted by Gasteiger charge is -2.24. The highest BCUT2D eigenvalue weighted by Crippen LogP contribution is 2.35. The lowest BCUT2D eigenvalue weighted by atomic mass is 9.78. The zero-order valence-electron chi connectivity index (χ0n) is 11.5. The molecule has 4 heteroatoms. The van der Waals surface area contributed by atoms with Gasteiger partial charge in [-0.15, -0.1) is 0 Å². The number of allylic oxidation sites excluding steroid dienone is 4. The number of halogens is 2. The van der Waals surface area contributed by atoms with Crippen molar-refractivity contribution < 1.29 is 14.0 Å². The molecule has 0 fully saturated rings. The first-order valence-corrected chi connectivity index (χ1v) is 6.56. The highest BCUT2D eigenvalue weighted by Gasteiger charge is 2.31. The van der Waals surface area contributed by atoms with Crippen molar-refractivity contribution >= 4 is 28.7 Å². The van der Waals surface area contributed by atoms with Crippen LogP contribution in [-0.4, -0.2) is 11.6 Å². The monoisotopic (exact) mass is 292 g/mol. The predicted octanol–water partition coefficient (Wildman–Crippen LogP) is 3.99. The molecule has 20 heavy (non-hydrogen) atoms. The molecule has 0 N–H and O–H groups in total. The number of Topliss-reactive ketones (excluding diaryl/α,β-unsaturated/α-hetero) is 1. The van der Waals surface area contributed by atoms with Gasteiger partial charge in [-0.2, -0.15) is 0 Å². The molecule has 1 aromatic rings. The number of carbonyl (C=O) groups is 2. The molecule has 1 aliphatic carbocycles. The van der Waals surface area contributed by atoms with Crippen LogP contribution in [0.5, 0.6) is 0 Å². The first kappa shape index (κ1) is 14.7. The average Bonchev–Trinajstić information content (AvgIpc) is 2.31. The number of carbonyl (C=O) groups excluding carboxylic acids is 2. The summed E-state index contributed by atoms with van der Waals surface area (Å²) in [6.45, 7) is 5.49. The molecule has 104 valence electrons. The largest absolute Gasteiger partial charge is 0.286 e. The molecule has 0 saturated heterocycles. The summed E-state index contributed by atoms with van der Waals surface area (Å²) in [5, 5.41) is 0.211. The number of ketones is 2.